The number of hydrogen-bond donors (Lipinski definition) is 1. The number of nitrogens with two attached hydrogens (primary N) is 1. The summed E-state index contributed by atoms with van der Waals surface area (Å²) in [5, 5.41) is 0. The van der Waals surface area contributed by atoms with Gasteiger partial charge in [0.15, 0.2) is 5.75 Å². The molecule has 0 aliphatic heterocycles. The van der Waals surface area contributed by atoms with E-state index in [1.54, 1.807) is 41.7 Å². The van der Waals surface area contributed by atoms with Crippen LogP contribution in [0.25, 0.3) is 5.52 Å². The fourth-order valence-corrected chi connectivity index (χ4v) is 4.44. The van der Waals surface area contributed by atoms with Crippen LogP contribution < -0.4 is 10.5 Å². The number of ether oxygens (including phenoxy) is 1. The molecule has 0 bridgehead atoms. The van der Waals surface area contributed by atoms with Gasteiger partial charge in [0.1, 0.15) is 4.90 Å². The van der Waals surface area contributed by atoms with E-state index in [2.05, 4.69) is 0 Å². The Morgan fingerprint density at radius 1 is 1.04 bits per heavy atom. The van der Waals surface area contributed by atoms with E-state index in [0.717, 1.165) is 5.69 Å². The van der Waals surface area contributed by atoms with Gasteiger partial charge in [-0.15, -0.1) is 0 Å². The lowest BCUT2D eigenvalue weighted by Gasteiger charge is -2.07. The molecule has 2 N–H and O–H groups in total. The van der Waals surface area contributed by atoms with Crippen molar-refractivity contribution in [2.45, 2.75) is 23.6 Å². The number of hydrogen-bond acceptors (Lipinski definition) is 4. The summed E-state index contributed by atoms with van der Waals surface area (Å²) < 4.78 is 33.1. The number of carbonyl (C=O) groups is 1. The van der Waals surface area contributed by atoms with Gasteiger partial charge in [-0.2, -0.15) is 0 Å². The first-order valence-electron chi connectivity index (χ1n) is 7.22. The third-order valence-electron chi connectivity index (χ3n) is 3.81. The standard InChI is InChI=1S/C17H16N2O4S/c1-11-7-6-10-14-16(15(23-17(18)20)12(2)19(11)14)24(21,22)13-8-4-3-5-9-13/h3-10H,1-2H3,(H2,18,20). The summed E-state index contributed by atoms with van der Waals surface area (Å²) in [6, 6.07) is 13.3. The average Bonchev–Trinajstić information content (AvgIpc) is 2.82. The van der Waals surface area contributed by atoms with Crippen molar-refractivity contribution in [3.63, 3.8) is 0 Å². The van der Waals surface area contributed by atoms with Gasteiger partial charge in [-0.05, 0) is 38.1 Å². The number of fused-ring (bicyclic) bond motifs is 1. The van der Waals surface area contributed by atoms with Crippen LogP contribution in [0.1, 0.15) is 11.4 Å². The molecule has 0 saturated heterocycles. The summed E-state index contributed by atoms with van der Waals surface area (Å²) in [6.45, 7) is 3.52. The normalized spacial score (nSPS) is 11.6. The Kier molecular flexibility index (Phi) is 3.81. The minimum atomic E-state index is -3.89. The number of primary amides is 1. The first-order valence-corrected chi connectivity index (χ1v) is 8.70. The number of rotatable bonds is 3. The lowest BCUT2D eigenvalue weighted by atomic mass is 10.3. The highest BCUT2D eigenvalue weighted by Gasteiger charge is 2.30. The Morgan fingerprint density at radius 2 is 1.71 bits per heavy atom. The number of aromatic nitrogens is 1. The Balaban J connectivity index is 2.43. The minimum Gasteiger partial charge on any atom is -0.407 e. The van der Waals surface area contributed by atoms with E-state index in [1.807, 2.05) is 13.0 Å². The third kappa shape index (κ3) is 2.43. The predicted octanol–water partition coefficient (Wildman–Crippen LogP) is 2.85. The molecular formula is C17H16N2O4S. The fraction of sp³-hybridized carbons (Fsp3) is 0.118. The average molecular weight is 344 g/mol. The van der Waals surface area contributed by atoms with Gasteiger partial charge in [0, 0.05) is 5.69 Å². The molecule has 0 saturated carbocycles. The second-order valence-electron chi connectivity index (χ2n) is 5.37. The molecule has 0 spiro atoms. The SMILES string of the molecule is Cc1cccc2c(S(=O)(=O)c3ccccc3)c(OC(N)=O)c(C)n12. The van der Waals surface area contributed by atoms with Gasteiger partial charge in [-0.1, -0.05) is 24.3 Å². The number of pyridine rings is 1. The quantitative estimate of drug-likeness (QED) is 0.791. The highest BCUT2D eigenvalue weighted by atomic mass is 32.2. The van der Waals surface area contributed by atoms with E-state index in [1.165, 1.54) is 12.1 Å². The van der Waals surface area contributed by atoms with E-state index < -0.39 is 15.9 Å². The van der Waals surface area contributed by atoms with E-state index in [4.69, 9.17) is 10.5 Å². The molecule has 0 unspecified atom stereocenters. The Morgan fingerprint density at radius 3 is 2.33 bits per heavy atom. The molecule has 3 aromatic rings. The molecule has 0 aliphatic carbocycles. The molecule has 0 fully saturated rings. The Bertz CT molecular complexity index is 1040. The van der Waals surface area contributed by atoms with Crippen molar-refractivity contribution < 1.29 is 17.9 Å². The van der Waals surface area contributed by atoms with Crippen molar-refractivity contribution in [1.82, 2.24) is 4.40 Å². The van der Waals surface area contributed by atoms with Gasteiger partial charge in [-0.3, -0.25) is 0 Å². The Labute approximate surface area is 139 Å². The zero-order valence-electron chi connectivity index (χ0n) is 13.2. The van der Waals surface area contributed by atoms with E-state index in [-0.39, 0.29) is 15.5 Å². The van der Waals surface area contributed by atoms with Crippen LogP contribution in [0, 0.1) is 13.8 Å². The van der Waals surface area contributed by atoms with Gasteiger partial charge in [0.2, 0.25) is 9.84 Å². The maximum absolute atomic E-state index is 13.1. The van der Waals surface area contributed by atoms with Crippen LogP contribution >= 0.6 is 0 Å². The number of aryl methyl sites for hydroxylation is 2. The summed E-state index contributed by atoms with van der Waals surface area (Å²) in [7, 11) is -3.89. The largest absolute Gasteiger partial charge is 0.410 e. The van der Waals surface area contributed by atoms with Gasteiger partial charge in [0.05, 0.1) is 16.1 Å². The third-order valence-corrected chi connectivity index (χ3v) is 5.64. The first kappa shape index (κ1) is 16.1. The number of carbonyl (C=O) groups excluding carboxylic acids is 1. The molecule has 0 atom stereocenters. The zero-order chi connectivity index (χ0) is 17.5. The number of sulfone groups is 1. The second-order valence-corrected chi connectivity index (χ2v) is 7.26. The maximum Gasteiger partial charge on any atom is 0.410 e. The molecule has 1 amide bonds. The van der Waals surface area contributed by atoms with Crippen molar-refractivity contribution in [3.8, 4) is 5.75 Å². The fourth-order valence-electron chi connectivity index (χ4n) is 2.82. The molecular weight excluding hydrogens is 328 g/mol. The van der Waals surface area contributed by atoms with E-state index in [0.29, 0.717) is 11.2 Å². The number of nitrogens with zero attached hydrogens (tertiary/aromatic N) is 1. The van der Waals surface area contributed by atoms with Crippen LogP contribution in [0.15, 0.2) is 58.3 Å². The smallest absolute Gasteiger partial charge is 0.407 e. The number of amides is 1. The van der Waals surface area contributed by atoms with Crippen molar-refractivity contribution in [1.29, 1.82) is 0 Å². The van der Waals surface area contributed by atoms with Crippen LogP contribution in [0.5, 0.6) is 5.75 Å². The van der Waals surface area contributed by atoms with Crippen LogP contribution in [0.4, 0.5) is 4.79 Å². The lowest BCUT2D eigenvalue weighted by Crippen LogP contribution is -2.18. The summed E-state index contributed by atoms with van der Waals surface area (Å²) in [6.07, 6.45) is -1.06. The van der Waals surface area contributed by atoms with Gasteiger partial charge in [-0.25, -0.2) is 13.2 Å². The molecule has 7 heteroatoms. The predicted molar refractivity (Wildman–Crippen MR) is 89.0 cm³/mol. The highest BCUT2D eigenvalue weighted by Crippen LogP contribution is 2.38. The molecule has 1 aromatic carbocycles. The molecule has 3 rings (SSSR count). The van der Waals surface area contributed by atoms with E-state index >= 15 is 0 Å². The summed E-state index contributed by atoms with van der Waals surface area (Å²) in [5.41, 5.74) is 6.89. The summed E-state index contributed by atoms with van der Waals surface area (Å²) >= 11 is 0. The number of benzene rings is 1. The monoisotopic (exact) mass is 344 g/mol. The van der Waals surface area contributed by atoms with E-state index in [9.17, 15) is 13.2 Å². The molecule has 124 valence electrons. The topological polar surface area (TPSA) is 90.9 Å². The first-order chi connectivity index (χ1) is 11.3. The van der Waals surface area contributed by atoms with Crippen molar-refractivity contribution in [3.05, 3.63) is 59.9 Å². The van der Waals surface area contributed by atoms with Crippen molar-refractivity contribution >= 4 is 21.4 Å². The molecule has 0 aliphatic rings. The summed E-state index contributed by atoms with van der Waals surface area (Å²) in [4.78, 5) is 11.4. The lowest BCUT2D eigenvalue weighted by molar-refractivity contribution is 0.209. The van der Waals surface area contributed by atoms with Crippen LogP contribution in [0.2, 0.25) is 0 Å². The highest BCUT2D eigenvalue weighted by molar-refractivity contribution is 7.91. The Hall–Kier alpha value is -2.80. The van der Waals surface area contributed by atoms with Crippen LogP contribution in [-0.4, -0.2) is 18.9 Å². The maximum atomic E-state index is 13.1. The van der Waals surface area contributed by atoms with Crippen molar-refractivity contribution in [2.24, 2.45) is 5.73 Å². The van der Waals surface area contributed by atoms with Gasteiger partial charge in [0.25, 0.3) is 0 Å². The zero-order valence-corrected chi connectivity index (χ0v) is 14.0. The molecule has 2 heterocycles. The van der Waals surface area contributed by atoms with Gasteiger partial charge >= 0.3 is 6.09 Å². The van der Waals surface area contributed by atoms with Crippen LogP contribution in [0.3, 0.4) is 0 Å². The molecule has 0 radical (unpaired) electrons. The molecule has 24 heavy (non-hydrogen) atoms. The minimum absolute atomic E-state index is 0.0411. The van der Waals surface area contributed by atoms with Crippen molar-refractivity contribution in [2.75, 3.05) is 0 Å². The van der Waals surface area contributed by atoms with Crippen LogP contribution in [-0.2, 0) is 9.84 Å². The molecule has 6 nitrogen and oxygen atoms in total. The molecule has 2 aromatic heterocycles. The van der Waals surface area contributed by atoms with Gasteiger partial charge < -0.3 is 14.9 Å². The second kappa shape index (κ2) is 5.68. The summed E-state index contributed by atoms with van der Waals surface area (Å²) in [5.74, 6) is -0.0411.